The third-order valence-electron chi connectivity index (χ3n) is 5.86. The van der Waals surface area contributed by atoms with Crippen molar-refractivity contribution in [3.8, 4) is 0 Å². The van der Waals surface area contributed by atoms with Gasteiger partial charge in [-0.3, -0.25) is 14.6 Å². The van der Waals surface area contributed by atoms with Gasteiger partial charge in [-0.1, -0.05) is 6.07 Å². The maximum absolute atomic E-state index is 14.2. The summed E-state index contributed by atoms with van der Waals surface area (Å²) in [5.74, 6) is -1.34. The third-order valence-corrected chi connectivity index (χ3v) is 5.86. The van der Waals surface area contributed by atoms with E-state index in [1.807, 2.05) is 0 Å². The van der Waals surface area contributed by atoms with Crippen molar-refractivity contribution in [2.45, 2.75) is 44.6 Å². The van der Waals surface area contributed by atoms with Crippen LogP contribution in [0.15, 0.2) is 35.2 Å². The highest BCUT2D eigenvalue weighted by Gasteiger charge is 2.46. The van der Waals surface area contributed by atoms with Crippen molar-refractivity contribution in [1.82, 2.24) is 15.5 Å². The number of para-hydroxylation sites is 1. The van der Waals surface area contributed by atoms with Gasteiger partial charge in [0.2, 0.25) is 5.96 Å². The second-order valence-corrected chi connectivity index (χ2v) is 9.40. The fraction of sp³-hybridized carbons (Fsp3) is 0.455. The van der Waals surface area contributed by atoms with E-state index in [-0.39, 0.29) is 30.5 Å². The largest absolute Gasteiger partial charge is 0.511 e. The molecular weight excluding hydrogens is 485 g/mol. The number of halogens is 3. The van der Waals surface area contributed by atoms with Crippen LogP contribution >= 0.6 is 0 Å². The number of alkyl halides is 3. The van der Waals surface area contributed by atoms with E-state index < -0.39 is 53.0 Å². The van der Waals surface area contributed by atoms with Crippen molar-refractivity contribution < 1.29 is 37.4 Å². The Kier molecular flexibility index (Phi) is 6.32. The van der Waals surface area contributed by atoms with Crippen molar-refractivity contribution in [2.24, 2.45) is 16.6 Å². The highest BCUT2D eigenvalue weighted by molar-refractivity contribution is 6.12. The molecule has 1 aliphatic carbocycles. The number of carbonyl (C=O) groups excluding carboxylic acids is 2. The number of benzene rings is 1. The van der Waals surface area contributed by atoms with E-state index in [2.05, 4.69) is 20.4 Å². The quantitative estimate of drug-likeness (QED) is 0.445. The normalized spacial score (nSPS) is 21.5. The minimum absolute atomic E-state index is 0.00818. The van der Waals surface area contributed by atoms with Crippen LogP contribution in [-0.4, -0.2) is 58.9 Å². The van der Waals surface area contributed by atoms with Crippen LogP contribution in [0.2, 0.25) is 0 Å². The smallest absolute Gasteiger partial charge is 0.449 e. The van der Waals surface area contributed by atoms with Crippen LogP contribution in [0.25, 0.3) is 0 Å². The van der Waals surface area contributed by atoms with Gasteiger partial charge in [-0.25, -0.2) is 14.6 Å². The number of hydrogen-bond acceptors (Lipinski definition) is 7. The van der Waals surface area contributed by atoms with Crippen molar-refractivity contribution in [2.75, 3.05) is 18.0 Å². The second kappa shape index (κ2) is 9.00. The molecule has 4 rings (SSSR count). The van der Waals surface area contributed by atoms with Gasteiger partial charge in [0, 0.05) is 6.54 Å². The van der Waals surface area contributed by atoms with E-state index >= 15 is 0 Å². The number of nitrogens with zero attached hydrogens (tertiary/aromatic N) is 3. The molecule has 3 amide bonds. The summed E-state index contributed by atoms with van der Waals surface area (Å²) in [7, 11) is 0. The van der Waals surface area contributed by atoms with Gasteiger partial charge in [0.15, 0.2) is 5.76 Å². The zero-order valence-electron chi connectivity index (χ0n) is 19.4. The number of aliphatic imine (C=N–C) groups is 1. The lowest BCUT2D eigenvalue weighted by molar-refractivity contribution is -0.137. The van der Waals surface area contributed by atoms with Crippen LogP contribution in [0.4, 0.5) is 28.4 Å². The van der Waals surface area contributed by atoms with Crippen LogP contribution in [0.3, 0.4) is 0 Å². The number of nitrogens with two attached hydrogens (primary N) is 1. The van der Waals surface area contributed by atoms with Gasteiger partial charge in [-0.05, 0) is 44.7 Å². The second-order valence-electron chi connectivity index (χ2n) is 9.40. The number of anilines is 1. The van der Waals surface area contributed by atoms with Crippen molar-refractivity contribution in [1.29, 1.82) is 0 Å². The maximum Gasteiger partial charge on any atom is 0.511 e. The number of guanidine groups is 1. The molecule has 1 unspecified atom stereocenters. The zero-order chi connectivity index (χ0) is 26.4. The maximum atomic E-state index is 14.2. The Bertz CT molecular complexity index is 1160. The highest BCUT2D eigenvalue weighted by Crippen LogP contribution is 2.41. The zero-order valence-corrected chi connectivity index (χ0v) is 19.4. The minimum Gasteiger partial charge on any atom is -0.449 e. The summed E-state index contributed by atoms with van der Waals surface area (Å²) in [4.78, 5) is 42.9. The van der Waals surface area contributed by atoms with Gasteiger partial charge in [0.25, 0.3) is 5.91 Å². The molecule has 3 aliphatic rings. The predicted octanol–water partition coefficient (Wildman–Crippen LogP) is 2.65. The van der Waals surface area contributed by atoms with Gasteiger partial charge < -0.3 is 26.2 Å². The third kappa shape index (κ3) is 5.08. The lowest BCUT2D eigenvalue weighted by Crippen LogP contribution is -2.57. The summed E-state index contributed by atoms with van der Waals surface area (Å²) in [5.41, 5.74) is 3.19. The number of amides is 3. The lowest BCUT2D eigenvalue weighted by atomic mass is 10.0. The summed E-state index contributed by atoms with van der Waals surface area (Å²) < 4.78 is 47.4. The van der Waals surface area contributed by atoms with E-state index in [0.717, 1.165) is 41.0 Å². The van der Waals surface area contributed by atoms with Gasteiger partial charge in [0.05, 0.1) is 35.1 Å². The number of ether oxygens (including phenoxy) is 1. The van der Waals surface area contributed by atoms with Crippen LogP contribution in [0, 0.1) is 5.92 Å². The van der Waals surface area contributed by atoms with Crippen molar-refractivity contribution in [3.05, 3.63) is 41.3 Å². The number of carboxylic acid groups (broad SMARTS) is 1. The van der Waals surface area contributed by atoms with E-state index in [9.17, 15) is 27.6 Å². The van der Waals surface area contributed by atoms with Crippen LogP contribution < -0.4 is 21.3 Å². The first-order valence-corrected chi connectivity index (χ1v) is 11.1. The molecule has 2 aliphatic heterocycles. The van der Waals surface area contributed by atoms with Crippen LogP contribution in [0.1, 0.15) is 42.6 Å². The lowest BCUT2D eigenvalue weighted by Gasteiger charge is -2.39. The molecule has 194 valence electrons. The molecule has 1 saturated heterocycles. The molecule has 14 heteroatoms. The number of carbonyl (C=O) groups is 3. The Morgan fingerprint density at radius 3 is 2.58 bits per heavy atom. The highest BCUT2D eigenvalue weighted by atomic mass is 19.4. The molecule has 1 atom stereocenters. The van der Waals surface area contributed by atoms with E-state index in [1.54, 1.807) is 13.8 Å². The Morgan fingerprint density at radius 2 is 2.03 bits per heavy atom. The molecule has 11 nitrogen and oxygen atoms in total. The average Bonchev–Trinajstić information content (AvgIpc) is 3.55. The van der Waals surface area contributed by atoms with Crippen LogP contribution in [0.5, 0.6) is 0 Å². The fourth-order valence-corrected chi connectivity index (χ4v) is 4.03. The van der Waals surface area contributed by atoms with Gasteiger partial charge in [0.1, 0.15) is 6.17 Å². The standard InChI is InChI=1S/C22H25F3N6O5/c1-21(2)10-30(19(33)29-21)18-28-9-14(36-20(34)35)16(26)31(18)15-12(17(32)27-8-11-6-7-11)4-3-5-13(15)22(23,24)25/h3-5,9,11,16H,6-8,10,26H2,1-2H3,(H,27,32)(H,29,33)(H,34,35). The van der Waals surface area contributed by atoms with E-state index in [4.69, 9.17) is 10.8 Å². The molecule has 0 aromatic heterocycles. The molecule has 0 spiro atoms. The molecule has 5 N–H and O–H groups in total. The first-order valence-electron chi connectivity index (χ1n) is 11.1. The predicted molar refractivity (Wildman–Crippen MR) is 121 cm³/mol. The molecule has 0 radical (unpaired) electrons. The first-order chi connectivity index (χ1) is 16.8. The Labute approximate surface area is 203 Å². The SMILES string of the molecule is CC1(C)CN(C2=NC=C(OC(=O)O)C(N)N2c2c(C(=O)NCC3CC3)cccc2C(F)(F)F)C(=O)N1. The molecule has 2 fully saturated rings. The minimum atomic E-state index is -4.94. The topological polar surface area (TPSA) is 150 Å². The molecule has 2 heterocycles. The van der Waals surface area contributed by atoms with Gasteiger partial charge in [-0.15, -0.1) is 0 Å². The molecular formula is C22H25F3N6O5. The van der Waals surface area contributed by atoms with Gasteiger partial charge in [-0.2, -0.15) is 13.2 Å². The monoisotopic (exact) mass is 510 g/mol. The molecule has 1 aromatic rings. The van der Waals surface area contributed by atoms with Gasteiger partial charge >= 0.3 is 18.4 Å². The summed E-state index contributed by atoms with van der Waals surface area (Å²) in [6.07, 6.45) is -5.63. The molecule has 36 heavy (non-hydrogen) atoms. The Balaban J connectivity index is 1.88. The first kappa shape index (κ1) is 25.3. The van der Waals surface area contributed by atoms with E-state index in [0.29, 0.717) is 0 Å². The summed E-state index contributed by atoms with van der Waals surface area (Å²) in [6.45, 7) is 3.70. The number of rotatable bonds is 5. The number of hydrogen-bond donors (Lipinski definition) is 4. The molecule has 1 aromatic carbocycles. The summed E-state index contributed by atoms with van der Waals surface area (Å²) in [5, 5.41) is 14.4. The average molecular weight is 510 g/mol. The molecule has 0 bridgehead atoms. The van der Waals surface area contributed by atoms with Crippen LogP contribution in [-0.2, 0) is 10.9 Å². The van der Waals surface area contributed by atoms with Crippen molar-refractivity contribution in [3.63, 3.8) is 0 Å². The number of urea groups is 1. The Morgan fingerprint density at radius 1 is 1.33 bits per heavy atom. The fourth-order valence-electron chi connectivity index (χ4n) is 4.03. The van der Waals surface area contributed by atoms with Crippen molar-refractivity contribution >= 4 is 29.7 Å². The molecule has 1 saturated carbocycles. The summed E-state index contributed by atoms with van der Waals surface area (Å²) >= 11 is 0. The van der Waals surface area contributed by atoms with E-state index in [1.165, 1.54) is 6.07 Å². The summed E-state index contributed by atoms with van der Waals surface area (Å²) in [6, 6.07) is 2.39. The Hall–Kier alpha value is -3.81. The number of nitrogens with one attached hydrogen (secondary N) is 2.